The highest BCUT2D eigenvalue weighted by atomic mass is 16.1. The van der Waals surface area contributed by atoms with Gasteiger partial charge in [0, 0.05) is 17.4 Å². The number of benzene rings is 1. The van der Waals surface area contributed by atoms with Crippen LogP contribution >= 0.6 is 0 Å². The molecule has 22 heavy (non-hydrogen) atoms. The van der Waals surface area contributed by atoms with Gasteiger partial charge in [-0.1, -0.05) is 18.9 Å². The number of hydrogen-bond acceptors (Lipinski definition) is 5. The molecule has 4 N–H and O–H groups in total. The van der Waals surface area contributed by atoms with Crippen molar-refractivity contribution < 1.29 is 4.79 Å². The fraction of sp³-hybridized carbons (Fsp3) is 0.312. The highest BCUT2D eigenvalue weighted by Gasteiger charge is 2.14. The number of nitrogens with zero attached hydrogens (tertiary/aromatic N) is 2. The fourth-order valence-corrected chi connectivity index (χ4v) is 2.69. The second-order valence-electron chi connectivity index (χ2n) is 5.49. The molecule has 1 saturated carbocycles. The number of nitrogens with two attached hydrogens (primary N) is 1. The summed E-state index contributed by atoms with van der Waals surface area (Å²) in [5.74, 6) is -0.0953. The van der Waals surface area contributed by atoms with Crippen LogP contribution in [0.4, 0.5) is 17.2 Å². The van der Waals surface area contributed by atoms with Gasteiger partial charge in [-0.3, -0.25) is 9.78 Å². The van der Waals surface area contributed by atoms with Gasteiger partial charge in [-0.05, 0) is 31.0 Å². The SMILES string of the molecule is NC(=O)c1cncc(Nc2cccc(NC3CCCC3)c2)n1. The molecular formula is C16H19N5O. The van der Waals surface area contributed by atoms with Crippen molar-refractivity contribution in [3.05, 3.63) is 42.4 Å². The topological polar surface area (TPSA) is 92.9 Å². The van der Waals surface area contributed by atoms with Gasteiger partial charge in [0.25, 0.3) is 5.91 Å². The molecule has 1 aliphatic carbocycles. The summed E-state index contributed by atoms with van der Waals surface area (Å²) in [4.78, 5) is 19.2. The van der Waals surface area contributed by atoms with Crippen molar-refractivity contribution in [1.82, 2.24) is 9.97 Å². The normalized spacial score (nSPS) is 14.7. The number of carbonyl (C=O) groups excluding carboxylic acids is 1. The largest absolute Gasteiger partial charge is 0.382 e. The van der Waals surface area contributed by atoms with Gasteiger partial charge in [-0.15, -0.1) is 0 Å². The molecule has 1 aromatic heterocycles. The number of aromatic nitrogens is 2. The Morgan fingerprint density at radius 2 is 1.95 bits per heavy atom. The highest BCUT2D eigenvalue weighted by molar-refractivity contribution is 5.90. The van der Waals surface area contributed by atoms with Crippen molar-refractivity contribution >= 4 is 23.1 Å². The minimum Gasteiger partial charge on any atom is -0.382 e. The Morgan fingerprint density at radius 1 is 1.18 bits per heavy atom. The van der Waals surface area contributed by atoms with E-state index in [0.29, 0.717) is 11.9 Å². The summed E-state index contributed by atoms with van der Waals surface area (Å²) in [7, 11) is 0. The van der Waals surface area contributed by atoms with Crippen molar-refractivity contribution in [2.75, 3.05) is 10.6 Å². The smallest absolute Gasteiger partial charge is 0.268 e. The molecule has 1 heterocycles. The first-order chi connectivity index (χ1) is 10.7. The molecule has 0 unspecified atom stereocenters. The Morgan fingerprint density at radius 3 is 2.73 bits per heavy atom. The number of nitrogens with one attached hydrogen (secondary N) is 2. The van der Waals surface area contributed by atoms with E-state index in [0.717, 1.165) is 11.4 Å². The van der Waals surface area contributed by atoms with Gasteiger partial charge in [0.2, 0.25) is 0 Å². The molecule has 3 rings (SSSR count). The van der Waals surface area contributed by atoms with Gasteiger partial charge in [-0.2, -0.15) is 0 Å². The first-order valence-electron chi connectivity index (χ1n) is 7.46. The van der Waals surface area contributed by atoms with E-state index < -0.39 is 5.91 Å². The maximum Gasteiger partial charge on any atom is 0.268 e. The standard InChI is InChI=1S/C16H19N5O/c17-16(22)14-9-18-10-15(21-14)20-13-7-3-6-12(8-13)19-11-4-1-2-5-11/h3,6-11,19H,1-2,4-5H2,(H2,17,22)(H,20,21). The van der Waals surface area contributed by atoms with E-state index in [1.54, 1.807) is 6.20 Å². The van der Waals surface area contributed by atoms with Gasteiger partial charge >= 0.3 is 0 Å². The zero-order chi connectivity index (χ0) is 15.4. The summed E-state index contributed by atoms with van der Waals surface area (Å²) in [6, 6.07) is 8.56. The fourth-order valence-electron chi connectivity index (χ4n) is 2.69. The van der Waals surface area contributed by atoms with Crippen LogP contribution in [0.2, 0.25) is 0 Å². The zero-order valence-electron chi connectivity index (χ0n) is 12.2. The van der Waals surface area contributed by atoms with Crippen molar-refractivity contribution in [3.63, 3.8) is 0 Å². The first kappa shape index (κ1) is 14.3. The number of anilines is 3. The van der Waals surface area contributed by atoms with E-state index >= 15 is 0 Å². The van der Waals surface area contributed by atoms with Gasteiger partial charge < -0.3 is 16.4 Å². The van der Waals surface area contributed by atoms with E-state index in [4.69, 9.17) is 5.73 Å². The van der Waals surface area contributed by atoms with E-state index in [1.807, 2.05) is 18.2 Å². The molecule has 114 valence electrons. The molecule has 1 fully saturated rings. The molecule has 0 atom stereocenters. The number of hydrogen-bond donors (Lipinski definition) is 3. The monoisotopic (exact) mass is 297 g/mol. The third-order valence-electron chi connectivity index (χ3n) is 3.75. The average molecular weight is 297 g/mol. The Kier molecular flexibility index (Phi) is 4.18. The molecule has 1 aromatic carbocycles. The van der Waals surface area contributed by atoms with Crippen LogP contribution in [-0.2, 0) is 0 Å². The lowest BCUT2D eigenvalue weighted by Crippen LogP contribution is -2.15. The molecular weight excluding hydrogens is 278 g/mol. The van der Waals surface area contributed by atoms with Gasteiger partial charge in [0.05, 0.1) is 12.4 Å². The third kappa shape index (κ3) is 3.52. The molecule has 6 heteroatoms. The van der Waals surface area contributed by atoms with Crippen molar-refractivity contribution in [2.45, 2.75) is 31.7 Å². The number of primary amides is 1. The lowest BCUT2D eigenvalue weighted by molar-refractivity contribution is 0.0995. The van der Waals surface area contributed by atoms with Crippen LogP contribution in [0.15, 0.2) is 36.7 Å². The molecule has 0 spiro atoms. The predicted octanol–water partition coefficient (Wildman–Crippen LogP) is 2.67. The van der Waals surface area contributed by atoms with Crippen LogP contribution in [0.25, 0.3) is 0 Å². The number of carbonyl (C=O) groups is 1. The number of amides is 1. The van der Waals surface area contributed by atoms with Gasteiger partial charge in [-0.25, -0.2) is 4.98 Å². The molecule has 0 aliphatic heterocycles. The Labute approximate surface area is 129 Å². The van der Waals surface area contributed by atoms with Crippen LogP contribution < -0.4 is 16.4 Å². The van der Waals surface area contributed by atoms with Gasteiger partial charge in [0.1, 0.15) is 11.5 Å². The molecule has 2 aromatic rings. The predicted molar refractivity (Wildman–Crippen MR) is 86.2 cm³/mol. The summed E-state index contributed by atoms with van der Waals surface area (Å²) >= 11 is 0. The molecule has 0 bridgehead atoms. The van der Waals surface area contributed by atoms with Crippen LogP contribution in [0.3, 0.4) is 0 Å². The van der Waals surface area contributed by atoms with E-state index in [9.17, 15) is 4.79 Å². The molecule has 6 nitrogen and oxygen atoms in total. The van der Waals surface area contributed by atoms with Crippen LogP contribution in [-0.4, -0.2) is 21.9 Å². The van der Waals surface area contributed by atoms with Crippen LogP contribution in [0, 0.1) is 0 Å². The van der Waals surface area contributed by atoms with E-state index in [2.05, 4.69) is 26.7 Å². The summed E-state index contributed by atoms with van der Waals surface area (Å²) < 4.78 is 0. The first-order valence-corrected chi connectivity index (χ1v) is 7.46. The zero-order valence-corrected chi connectivity index (χ0v) is 12.2. The summed E-state index contributed by atoms with van der Waals surface area (Å²) in [6.45, 7) is 0. The average Bonchev–Trinajstić information content (AvgIpc) is 3.01. The summed E-state index contributed by atoms with van der Waals surface area (Å²) in [5, 5.41) is 6.69. The third-order valence-corrected chi connectivity index (χ3v) is 3.75. The lowest BCUT2D eigenvalue weighted by atomic mass is 10.2. The maximum absolute atomic E-state index is 11.1. The molecule has 0 radical (unpaired) electrons. The minimum atomic E-state index is -0.590. The molecule has 1 amide bonds. The van der Waals surface area contributed by atoms with Crippen molar-refractivity contribution in [1.29, 1.82) is 0 Å². The maximum atomic E-state index is 11.1. The van der Waals surface area contributed by atoms with Crippen LogP contribution in [0.5, 0.6) is 0 Å². The Hall–Kier alpha value is -2.63. The Balaban J connectivity index is 1.72. The number of rotatable bonds is 5. The highest BCUT2D eigenvalue weighted by Crippen LogP contribution is 2.24. The Bertz CT molecular complexity index is 667. The summed E-state index contributed by atoms with van der Waals surface area (Å²) in [6.07, 6.45) is 7.96. The van der Waals surface area contributed by atoms with Gasteiger partial charge in [0.15, 0.2) is 0 Å². The van der Waals surface area contributed by atoms with Crippen LogP contribution in [0.1, 0.15) is 36.2 Å². The second kappa shape index (κ2) is 6.43. The quantitative estimate of drug-likeness (QED) is 0.789. The molecule has 0 saturated heterocycles. The van der Waals surface area contributed by atoms with E-state index in [-0.39, 0.29) is 5.69 Å². The molecule has 1 aliphatic rings. The second-order valence-corrected chi connectivity index (χ2v) is 5.49. The lowest BCUT2D eigenvalue weighted by Gasteiger charge is -2.14. The van der Waals surface area contributed by atoms with Crippen molar-refractivity contribution in [2.24, 2.45) is 5.73 Å². The van der Waals surface area contributed by atoms with E-state index in [1.165, 1.54) is 31.9 Å². The minimum absolute atomic E-state index is 0.144. The van der Waals surface area contributed by atoms with Crippen molar-refractivity contribution in [3.8, 4) is 0 Å². The summed E-state index contributed by atoms with van der Waals surface area (Å²) in [5.41, 5.74) is 7.32.